The highest BCUT2D eigenvalue weighted by molar-refractivity contribution is 7.92. The van der Waals surface area contributed by atoms with Crippen LogP contribution in [0.5, 0.6) is 11.5 Å². The summed E-state index contributed by atoms with van der Waals surface area (Å²) in [4.78, 5) is 25.9. The molecule has 0 aromatic heterocycles. The summed E-state index contributed by atoms with van der Waals surface area (Å²) < 4.78 is 53.8. The predicted octanol–water partition coefficient (Wildman–Crippen LogP) is 1.90. The van der Waals surface area contributed by atoms with Gasteiger partial charge in [0.25, 0.3) is 10.0 Å². The highest BCUT2D eigenvalue weighted by atomic mass is 32.2. The molecular formula is C22H24N2O9S. The normalized spacial score (nSPS) is 13.8. The Morgan fingerprint density at radius 2 is 1.62 bits per heavy atom. The van der Waals surface area contributed by atoms with Crippen molar-refractivity contribution in [1.82, 2.24) is 0 Å². The summed E-state index contributed by atoms with van der Waals surface area (Å²) in [6, 6.07) is 10.4. The largest absolute Gasteiger partial charge is 0.497 e. The predicted molar refractivity (Wildman–Crippen MR) is 121 cm³/mol. The minimum atomic E-state index is -3.99. The van der Waals surface area contributed by atoms with E-state index in [0.717, 1.165) is 0 Å². The van der Waals surface area contributed by atoms with Gasteiger partial charge in [-0.15, -0.1) is 0 Å². The average Bonchev–Trinajstić information content (AvgIpc) is 2.87. The molecule has 0 unspecified atom stereocenters. The molecule has 1 aliphatic heterocycles. The number of hydrogen-bond donors (Lipinski definition) is 1. The number of esters is 2. The lowest BCUT2D eigenvalue weighted by Gasteiger charge is -2.31. The van der Waals surface area contributed by atoms with Crippen LogP contribution >= 0.6 is 0 Å². The molecule has 0 radical (unpaired) electrons. The number of nitrogens with one attached hydrogen (secondary N) is 1. The summed E-state index contributed by atoms with van der Waals surface area (Å²) in [5.74, 6) is -0.731. The lowest BCUT2D eigenvalue weighted by molar-refractivity contribution is -0.140. The van der Waals surface area contributed by atoms with Gasteiger partial charge in [-0.3, -0.25) is 4.72 Å². The summed E-state index contributed by atoms with van der Waals surface area (Å²) in [5, 5.41) is 0. The van der Waals surface area contributed by atoms with E-state index in [-0.39, 0.29) is 35.2 Å². The van der Waals surface area contributed by atoms with Gasteiger partial charge in [-0.05, 0) is 36.4 Å². The fourth-order valence-electron chi connectivity index (χ4n) is 3.25. The third-order valence-electron chi connectivity index (χ3n) is 4.94. The van der Waals surface area contributed by atoms with Crippen molar-refractivity contribution in [3.8, 4) is 11.5 Å². The van der Waals surface area contributed by atoms with Crippen molar-refractivity contribution in [3.05, 3.63) is 53.7 Å². The van der Waals surface area contributed by atoms with Gasteiger partial charge in [0.15, 0.2) is 0 Å². The number of rotatable bonds is 8. The quantitative estimate of drug-likeness (QED) is 0.545. The topological polar surface area (TPSA) is 130 Å². The van der Waals surface area contributed by atoms with Gasteiger partial charge >= 0.3 is 11.9 Å². The molecule has 1 heterocycles. The van der Waals surface area contributed by atoms with E-state index in [1.807, 2.05) is 0 Å². The molecule has 11 nitrogen and oxygen atoms in total. The third kappa shape index (κ3) is 5.07. The van der Waals surface area contributed by atoms with Crippen molar-refractivity contribution in [3.63, 3.8) is 0 Å². The highest BCUT2D eigenvalue weighted by Gasteiger charge is 2.32. The second-order valence-electron chi connectivity index (χ2n) is 6.88. The van der Waals surface area contributed by atoms with Crippen LogP contribution in [0.2, 0.25) is 0 Å². The van der Waals surface area contributed by atoms with Gasteiger partial charge in [0.2, 0.25) is 0 Å². The van der Waals surface area contributed by atoms with Gasteiger partial charge in [-0.2, -0.15) is 0 Å². The van der Waals surface area contributed by atoms with Crippen LogP contribution in [0.15, 0.2) is 58.6 Å². The van der Waals surface area contributed by atoms with Crippen LogP contribution in [0.25, 0.3) is 0 Å². The lowest BCUT2D eigenvalue weighted by atomic mass is 10.1. The second-order valence-corrected chi connectivity index (χ2v) is 8.56. The number of benzene rings is 2. The molecule has 12 heteroatoms. The Kier molecular flexibility index (Phi) is 7.64. The van der Waals surface area contributed by atoms with Crippen LogP contribution < -0.4 is 19.1 Å². The SMILES string of the molecule is COC(=O)C1=C(C(=O)OC)N(c2ccc(S(=O)(=O)Nc3cc(OC)ccc3OC)cc2)COC1. The number of hydrogen-bond acceptors (Lipinski definition) is 10. The average molecular weight is 493 g/mol. The highest BCUT2D eigenvalue weighted by Crippen LogP contribution is 2.32. The molecule has 0 atom stereocenters. The maximum Gasteiger partial charge on any atom is 0.355 e. The number of nitrogens with zero attached hydrogens (tertiary/aromatic N) is 1. The molecule has 2 aromatic carbocycles. The molecule has 0 saturated heterocycles. The van der Waals surface area contributed by atoms with E-state index in [0.29, 0.717) is 17.2 Å². The number of sulfonamides is 1. The second kappa shape index (κ2) is 10.4. The minimum absolute atomic E-state index is 0.0101. The van der Waals surface area contributed by atoms with Gasteiger partial charge in [0.1, 0.15) is 23.9 Å². The third-order valence-corrected chi connectivity index (χ3v) is 6.32. The number of methoxy groups -OCH3 is 4. The summed E-state index contributed by atoms with van der Waals surface area (Å²) >= 11 is 0. The monoisotopic (exact) mass is 492 g/mol. The van der Waals surface area contributed by atoms with Crippen LogP contribution in [0.4, 0.5) is 11.4 Å². The number of carbonyl (C=O) groups excluding carboxylic acids is 2. The van der Waals surface area contributed by atoms with Crippen molar-refractivity contribution in [1.29, 1.82) is 0 Å². The molecule has 3 rings (SSSR count). The van der Waals surface area contributed by atoms with Crippen LogP contribution in [-0.4, -0.2) is 62.1 Å². The minimum Gasteiger partial charge on any atom is -0.497 e. The van der Waals surface area contributed by atoms with Crippen LogP contribution in [0.1, 0.15) is 0 Å². The standard InChI is InChI=1S/C22H24N2O9S/c1-29-15-7-10-19(30-2)18(11-15)23-34(27,28)16-8-5-14(6-9-16)24-13-33-12-17(21(25)31-3)20(24)22(26)32-4/h5-11,23H,12-13H2,1-4H3. The van der Waals surface area contributed by atoms with E-state index in [1.54, 1.807) is 12.1 Å². The van der Waals surface area contributed by atoms with Crippen molar-refractivity contribution in [2.45, 2.75) is 4.90 Å². The smallest absolute Gasteiger partial charge is 0.355 e. The summed E-state index contributed by atoms with van der Waals surface area (Å²) in [7, 11) is 1.26. The molecule has 1 aliphatic rings. The molecular weight excluding hydrogens is 468 g/mol. The van der Waals surface area contributed by atoms with E-state index in [2.05, 4.69) is 4.72 Å². The van der Waals surface area contributed by atoms with Gasteiger partial charge in [-0.25, -0.2) is 18.0 Å². The van der Waals surface area contributed by atoms with E-state index in [1.165, 1.54) is 63.7 Å². The molecule has 1 N–H and O–H groups in total. The van der Waals surface area contributed by atoms with Crippen LogP contribution in [-0.2, 0) is 33.8 Å². The van der Waals surface area contributed by atoms with E-state index in [9.17, 15) is 18.0 Å². The van der Waals surface area contributed by atoms with Gasteiger partial charge in [0, 0.05) is 11.8 Å². The molecule has 2 aromatic rings. The Bertz CT molecular complexity index is 1210. The molecule has 34 heavy (non-hydrogen) atoms. The number of anilines is 2. The van der Waals surface area contributed by atoms with Gasteiger partial charge < -0.3 is 28.6 Å². The number of ether oxygens (including phenoxy) is 5. The van der Waals surface area contributed by atoms with Crippen LogP contribution in [0, 0.1) is 0 Å². The first kappa shape index (κ1) is 24.9. The van der Waals surface area contributed by atoms with E-state index < -0.39 is 22.0 Å². The Morgan fingerprint density at radius 3 is 2.21 bits per heavy atom. The first-order chi connectivity index (χ1) is 16.2. The zero-order chi connectivity index (χ0) is 24.9. The Hall–Kier alpha value is -3.77. The zero-order valence-electron chi connectivity index (χ0n) is 19.0. The Morgan fingerprint density at radius 1 is 0.941 bits per heavy atom. The number of carbonyl (C=O) groups is 2. The van der Waals surface area contributed by atoms with E-state index >= 15 is 0 Å². The maximum absolute atomic E-state index is 13.0. The first-order valence-corrected chi connectivity index (χ1v) is 11.3. The van der Waals surface area contributed by atoms with Gasteiger partial charge in [-0.1, -0.05) is 0 Å². The molecule has 0 spiro atoms. The fourth-order valence-corrected chi connectivity index (χ4v) is 4.31. The zero-order valence-corrected chi connectivity index (χ0v) is 19.8. The molecule has 0 fully saturated rings. The molecule has 182 valence electrons. The maximum atomic E-state index is 13.0. The molecule has 0 bridgehead atoms. The van der Waals surface area contributed by atoms with Gasteiger partial charge in [0.05, 0.1) is 51.2 Å². The van der Waals surface area contributed by atoms with Crippen LogP contribution in [0.3, 0.4) is 0 Å². The first-order valence-electron chi connectivity index (χ1n) is 9.85. The molecule has 0 aliphatic carbocycles. The summed E-state index contributed by atoms with van der Waals surface area (Å²) in [5.41, 5.74) is 0.549. The Labute approximate surface area is 196 Å². The van der Waals surface area contributed by atoms with E-state index in [4.69, 9.17) is 23.7 Å². The van der Waals surface area contributed by atoms with Crippen molar-refractivity contribution in [2.24, 2.45) is 0 Å². The lowest BCUT2D eigenvalue weighted by Crippen LogP contribution is -2.38. The molecule has 0 amide bonds. The van der Waals surface area contributed by atoms with Crippen molar-refractivity contribution >= 4 is 33.3 Å². The Balaban J connectivity index is 1.94. The summed E-state index contributed by atoms with van der Waals surface area (Å²) in [6.07, 6.45) is 0. The van der Waals surface area contributed by atoms with Crippen molar-refractivity contribution < 1.29 is 41.7 Å². The molecule has 0 saturated carbocycles. The van der Waals surface area contributed by atoms with Crippen molar-refractivity contribution in [2.75, 3.05) is 51.4 Å². The summed E-state index contributed by atoms with van der Waals surface area (Å²) in [6.45, 7) is -0.192. The fraction of sp³-hybridized carbons (Fsp3) is 0.273.